The van der Waals surface area contributed by atoms with Crippen molar-refractivity contribution in [1.29, 1.82) is 0 Å². The molecular formula is C27H24ClN7O. The van der Waals surface area contributed by atoms with Crippen LogP contribution in [0.3, 0.4) is 0 Å². The highest BCUT2D eigenvalue weighted by Gasteiger charge is 2.28. The van der Waals surface area contributed by atoms with Crippen LogP contribution >= 0.6 is 11.6 Å². The molecule has 1 aliphatic rings. The van der Waals surface area contributed by atoms with Crippen molar-refractivity contribution < 1.29 is 4.79 Å². The van der Waals surface area contributed by atoms with Crippen LogP contribution in [0.5, 0.6) is 0 Å². The molecule has 0 atom stereocenters. The number of hydrogen-bond acceptors (Lipinski definition) is 6. The lowest BCUT2D eigenvalue weighted by atomic mass is 9.85. The number of fused-ring (bicyclic) bond motifs is 2. The van der Waals surface area contributed by atoms with Gasteiger partial charge in [0.05, 0.1) is 22.3 Å². The predicted octanol–water partition coefficient (Wildman–Crippen LogP) is 5.16. The van der Waals surface area contributed by atoms with Gasteiger partial charge in [0.25, 0.3) is 0 Å². The minimum absolute atomic E-state index is 0.0726. The molecule has 36 heavy (non-hydrogen) atoms. The Labute approximate surface area is 212 Å². The van der Waals surface area contributed by atoms with Crippen LogP contribution in [-0.2, 0) is 4.79 Å². The Morgan fingerprint density at radius 3 is 2.56 bits per heavy atom. The molecule has 0 saturated heterocycles. The molecule has 4 aromatic heterocycles. The molecule has 9 heteroatoms. The highest BCUT2D eigenvalue weighted by atomic mass is 35.5. The number of amides is 1. The number of nitrogens with two attached hydrogens (primary N) is 2. The third-order valence-electron chi connectivity index (χ3n) is 7.13. The molecule has 1 aliphatic carbocycles. The predicted molar refractivity (Wildman–Crippen MR) is 141 cm³/mol. The summed E-state index contributed by atoms with van der Waals surface area (Å²) in [5.74, 6) is 0.0982. The zero-order valence-electron chi connectivity index (χ0n) is 19.4. The molecule has 1 amide bonds. The first-order chi connectivity index (χ1) is 17.5. The van der Waals surface area contributed by atoms with Crippen LogP contribution in [0.2, 0.25) is 5.02 Å². The van der Waals surface area contributed by atoms with Crippen LogP contribution in [0.25, 0.3) is 44.5 Å². The van der Waals surface area contributed by atoms with Gasteiger partial charge in [0, 0.05) is 45.9 Å². The maximum atomic E-state index is 11.7. The maximum absolute atomic E-state index is 11.7. The smallest absolute Gasteiger partial charge is 0.220 e. The molecule has 1 saturated carbocycles. The largest absolute Gasteiger partial charge is 0.383 e. The summed E-state index contributed by atoms with van der Waals surface area (Å²) in [7, 11) is 0. The van der Waals surface area contributed by atoms with E-state index in [4.69, 9.17) is 28.1 Å². The molecule has 180 valence electrons. The van der Waals surface area contributed by atoms with Crippen LogP contribution in [-0.4, -0.2) is 30.4 Å². The summed E-state index contributed by atoms with van der Waals surface area (Å²) < 4.78 is 2.15. The third-order valence-corrected chi connectivity index (χ3v) is 7.44. The number of pyridine rings is 2. The summed E-state index contributed by atoms with van der Waals surface area (Å²) in [5, 5.41) is 2.28. The second-order valence-corrected chi connectivity index (χ2v) is 9.66. The van der Waals surface area contributed by atoms with Crippen molar-refractivity contribution in [2.75, 3.05) is 5.73 Å². The molecule has 0 bridgehead atoms. The molecule has 0 spiro atoms. The van der Waals surface area contributed by atoms with E-state index in [2.05, 4.69) is 25.7 Å². The van der Waals surface area contributed by atoms with Gasteiger partial charge in [-0.05, 0) is 56.0 Å². The molecule has 4 N–H and O–H groups in total. The Morgan fingerprint density at radius 2 is 1.81 bits per heavy atom. The fourth-order valence-corrected chi connectivity index (χ4v) is 5.51. The van der Waals surface area contributed by atoms with Crippen molar-refractivity contribution in [2.24, 2.45) is 11.7 Å². The first-order valence-electron chi connectivity index (χ1n) is 11.9. The summed E-state index contributed by atoms with van der Waals surface area (Å²) in [6.45, 7) is 0. The zero-order valence-corrected chi connectivity index (χ0v) is 20.2. The van der Waals surface area contributed by atoms with Crippen LogP contribution in [0, 0.1) is 5.92 Å². The standard InChI is InChI=1S/C27H24ClN7O/c28-20-11-16-6-9-22(21-3-1-2-10-31-21)34-23(16)12-18(20)19-13-35(27-24(19)25(29)32-14-33-27)17-7-4-15(5-8-17)26(30)36/h1-3,6,9-15,17H,4-5,7-8H2,(H2,30,36)(H2,29,32,33). The molecule has 4 heterocycles. The summed E-state index contributed by atoms with van der Waals surface area (Å²) in [6.07, 6.45) is 8.47. The van der Waals surface area contributed by atoms with Gasteiger partial charge in [-0.1, -0.05) is 23.7 Å². The molecule has 1 fully saturated rings. The number of rotatable bonds is 4. The molecular weight excluding hydrogens is 474 g/mol. The molecule has 0 radical (unpaired) electrons. The summed E-state index contributed by atoms with van der Waals surface area (Å²) in [4.78, 5) is 29.8. The lowest BCUT2D eigenvalue weighted by molar-refractivity contribution is -0.122. The number of anilines is 1. The first-order valence-corrected chi connectivity index (χ1v) is 12.3. The van der Waals surface area contributed by atoms with Gasteiger partial charge < -0.3 is 16.0 Å². The highest BCUT2D eigenvalue weighted by molar-refractivity contribution is 6.34. The second kappa shape index (κ2) is 8.87. The second-order valence-electron chi connectivity index (χ2n) is 9.25. The van der Waals surface area contributed by atoms with Crippen molar-refractivity contribution in [2.45, 2.75) is 31.7 Å². The van der Waals surface area contributed by atoms with E-state index in [1.54, 1.807) is 6.20 Å². The van der Waals surface area contributed by atoms with Gasteiger partial charge in [-0.3, -0.25) is 9.78 Å². The van der Waals surface area contributed by atoms with Crippen molar-refractivity contribution in [3.05, 3.63) is 66.2 Å². The molecule has 0 aliphatic heterocycles. The van der Waals surface area contributed by atoms with Gasteiger partial charge >= 0.3 is 0 Å². The first kappa shape index (κ1) is 22.4. The van der Waals surface area contributed by atoms with Crippen LogP contribution in [0.1, 0.15) is 31.7 Å². The lowest BCUT2D eigenvalue weighted by Crippen LogP contribution is -2.28. The van der Waals surface area contributed by atoms with E-state index < -0.39 is 0 Å². The molecule has 8 nitrogen and oxygen atoms in total. The van der Waals surface area contributed by atoms with Gasteiger partial charge in [-0.2, -0.15) is 0 Å². The lowest BCUT2D eigenvalue weighted by Gasteiger charge is -2.28. The fourth-order valence-electron chi connectivity index (χ4n) is 5.24. The zero-order chi connectivity index (χ0) is 24.8. The van der Waals surface area contributed by atoms with E-state index in [1.807, 2.05) is 42.5 Å². The Hall–Kier alpha value is -4.04. The van der Waals surface area contributed by atoms with Crippen molar-refractivity contribution in [3.8, 4) is 22.5 Å². The minimum Gasteiger partial charge on any atom is -0.383 e. The van der Waals surface area contributed by atoms with Gasteiger partial charge in [0.15, 0.2) is 0 Å². The molecule has 6 rings (SSSR count). The fraction of sp³-hybridized carbons (Fsp3) is 0.222. The monoisotopic (exact) mass is 497 g/mol. The summed E-state index contributed by atoms with van der Waals surface area (Å²) >= 11 is 6.81. The number of hydrogen-bond donors (Lipinski definition) is 2. The maximum Gasteiger partial charge on any atom is 0.220 e. The van der Waals surface area contributed by atoms with Gasteiger partial charge in [-0.15, -0.1) is 0 Å². The van der Waals surface area contributed by atoms with Gasteiger partial charge in [-0.25, -0.2) is 15.0 Å². The van der Waals surface area contributed by atoms with E-state index in [0.29, 0.717) is 10.8 Å². The van der Waals surface area contributed by atoms with Crippen LogP contribution in [0.4, 0.5) is 5.82 Å². The highest BCUT2D eigenvalue weighted by Crippen LogP contribution is 2.42. The van der Waals surface area contributed by atoms with E-state index in [9.17, 15) is 4.79 Å². The number of carbonyl (C=O) groups excluding carboxylic acids is 1. The number of benzene rings is 1. The average molecular weight is 498 g/mol. The third kappa shape index (κ3) is 3.83. The number of nitrogens with zero attached hydrogens (tertiary/aromatic N) is 5. The Bertz CT molecular complexity index is 1610. The molecule has 1 aromatic carbocycles. The van der Waals surface area contributed by atoms with E-state index >= 15 is 0 Å². The number of carbonyl (C=O) groups is 1. The molecule has 5 aromatic rings. The molecule has 0 unspecified atom stereocenters. The average Bonchev–Trinajstić information content (AvgIpc) is 3.29. The summed E-state index contributed by atoms with van der Waals surface area (Å²) in [5.41, 5.74) is 16.7. The minimum atomic E-state index is -0.224. The Morgan fingerprint density at radius 1 is 0.972 bits per heavy atom. The topological polar surface area (TPSA) is 126 Å². The van der Waals surface area contributed by atoms with Crippen molar-refractivity contribution >= 4 is 45.3 Å². The quantitative estimate of drug-likeness (QED) is 0.353. The SMILES string of the molecule is NC(=O)C1CCC(n2cc(-c3cc4nc(-c5ccccn5)ccc4cc3Cl)c3c(N)ncnc32)CC1. The Kier molecular flexibility index (Phi) is 5.53. The number of halogens is 1. The normalized spacial score (nSPS) is 18.0. The number of nitrogen functional groups attached to an aromatic ring is 1. The van der Waals surface area contributed by atoms with E-state index in [1.165, 1.54) is 6.33 Å². The van der Waals surface area contributed by atoms with Crippen molar-refractivity contribution in [1.82, 2.24) is 24.5 Å². The van der Waals surface area contributed by atoms with E-state index in [-0.39, 0.29) is 17.9 Å². The Balaban J connectivity index is 1.48. The van der Waals surface area contributed by atoms with Gasteiger partial charge in [0.1, 0.15) is 17.8 Å². The van der Waals surface area contributed by atoms with E-state index in [0.717, 1.165) is 70.1 Å². The van der Waals surface area contributed by atoms with Gasteiger partial charge in [0.2, 0.25) is 5.91 Å². The van der Waals surface area contributed by atoms with Crippen molar-refractivity contribution in [3.63, 3.8) is 0 Å². The number of primary amides is 1. The summed E-state index contributed by atoms with van der Waals surface area (Å²) in [6, 6.07) is 13.8. The van der Waals surface area contributed by atoms with Crippen LogP contribution < -0.4 is 11.5 Å². The number of aromatic nitrogens is 5. The van der Waals surface area contributed by atoms with Crippen LogP contribution in [0.15, 0.2) is 61.2 Å².